The van der Waals surface area contributed by atoms with Crippen LogP contribution in [-0.2, 0) is 30.9 Å². The number of pyridine rings is 1. The van der Waals surface area contributed by atoms with Crippen LogP contribution in [-0.4, -0.2) is 22.6 Å². The Morgan fingerprint density at radius 1 is 0.558 bits per heavy atom. The summed E-state index contributed by atoms with van der Waals surface area (Å²) in [5.41, 5.74) is 20.2. The Bertz CT molecular complexity index is 4140. The van der Waals surface area contributed by atoms with E-state index >= 15 is 0 Å². The number of rotatable bonds is 8. The van der Waals surface area contributed by atoms with E-state index in [1.807, 2.05) is 54.7 Å². The van der Waals surface area contributed by atoms with E-state index in [9.17, 15) is 0 Å². The van der Waals surface area contributed by atoms with E-state index in [2.05, 4.69) is 212 Å². The number of fused-ring (bicyclic) bond motifs is 8. The zero-order chi connectivity index (χ0) is 52.8. The zero-order valence-corrected chi connectivity index (χ0v) is 49.4. The minimum absolute atomic E-state index is 0. The minimum atomic E-state index is -1.23. The van der Waals surface area contributed by atoms with Crippen LogP contribution in [0.4, 0.5) is 0 Å². The third kappa shape index (κ3) is 9.30. The van der Waals surface area contributed by atoms with E-state index in [0.717, 1.165) is 77.6 Å². The average Bonchev–Trinajstić information content (AvgIpc) is 4.30. The van der Waals surface area contributed by atoms with Crippen LogP contribution < -0.4 is 5.19 Å². The molecule has 8 aromatic carbocycles. The predicted molar refractivity (Wildman–Crippen MR) is 321 cm³/mol. The Balaban J connectivity index is 0.000000319. The van der Waals surface area contributed by atoms with Gasteiger partial charge >= 0.3 is 0 Å². The van der Waals surface area contributed by atoms with E-state index in [0.29, 0.717) is 0 Å². The molecule has 1 radical (unpaired) electrons. The van der Waals surface area contributed by atoms with Gasteiger partial charge in [0.2, 0.25) is 0 Å². The van der Waals surface area contributed by atoms with Crippen LogP contribution in [0.2, 0.25) is 19.6 Å². The average molecular weight is 1200 g/mol. The van der Waals surface area contributed by atoms with Crippen molar-refractivity contribution in [3.05, 3.63) is 204 Å². The molecule has 0 N–H and O–H groups in total. The van der Waals surface area contributed by atoms with Crippen LogP contribution in [0.5, 0.6) is 0 Å². The number of furan rings is 2. The summed E-state index contributed by atoms with van der Waals surface area (Å²) >= 11 is 0. The third-order valence-corrected chi connectivity index (χ3v) is 17.9. The monoisotopic (exact) mass is 1200 g/mol. The van der Waals surface area contributed by atoms with Gasteiger partial charge in [-0.25, -0.2) is 0 Å². The van der Waals surface area contributed by atoms with Crippen LogP contribution in [0, 0.1) is 12.1 Å². The van der Waals surface area contributed by atoms with Gasteiger partial charge in [0.05, 0.1) is 30.5 Å². The Morgan fingerprint density at radius 3 is 1.87 bits per heavy atom. The zero-order valence-electron chi connectivity index (χ0n) is 46.0. The molecule has 1 aliphatic rings. The molecular weight excluding hydrogens is 1140 g/mol. The van der Waals surface area contributed by atoms with Crippen LogP contribution in [0.1, 0.15) is 95.9 Å². The van der Waals surface area contributed by atoms with Crippen molar-refractivity contribution >= 4 is 68.2 Å². The molecule has 0 unspecified atom stereocenters. The molecule has 0 saturated heterocycles. The van der Waals surface area contributed by atoms with Crippen molar-refractivity contribution in [2.45, 2.75) is 104 Å². The molecule has 0 aliphatic heterocycles. The normalized spacial score (nSPS) is 13.9. The smallest absolute Gasteiger partial charge is 0.136 e. The Labute approximate surface area is 467 Å². The van der Waals surface area contributed by atoms with Gasteiger partial charge in [-0.3, -0.25) is 4.98 Å². The summed E-state index contributed by atoms with van der Waals surface area (Å²) in [5.74, 6) is 1.29. The fourth-order valence-corrected chi connectivity index (χ4v) is 13.1. The first-order chi connectivity index (χ1) is 36.4. The van der Waals surface area contributed by atoms with Gasteiger partial charge in [-0.2, -0.15) is 0 Å². The van der Waals surface area contributed by atoms with Gasteiger partial charge in [-0.15, -0.1) is 54.1 Å². The molecule has 13 rings (SSSR count). The summed E-state index contributed by atoms with van der Waals surface area (Å²) in [7, 11) is -1.23. The van der Waals surface area contributed by atoms with Crippen molar-refractivity contribution < 1.29 is 28.9 Å². The molecule has 7 heteroatoms. The molecule has 1 aliphatic carbocycles. The standard InChI is InChI=1S/C56H49N2O2.C14H16NSi.Ir/c1-32(2)41-26-37(35-22-20-34(21-23-35)36-24-25-45-46(28-36)56(7,8)31-55(45,5)6)27-42(33(3)4)52(41)58-48-18-11-10-17-47(48)57-54(58)40-16-13-15-39-44-30-50-43(29-51(44)60-53(39)40)38-14-9-12-19-49(38)59-50;1-16(2,3)13-9-10-14(15-11-13)12-7-5-4-6-8-12;/h9-15,17-30,32-33H,31H2,1-8H3;4-7,9-11H,1-3H3;/q2*-1;. The van der Waals surface area contributed by atoms with E-state index in [-0.39, 0.29) is 42.8 Å². The first-order valence-corrected chi connectivity index (χ1v) is 30.5. The maximum atomic E-state index is 6.84. The van der Waals surface area contributed by atoms with E-state index in [1.54, 1.807) is 0 Å². The Hall–Kier alpha value is -7.15. The van der Waals surface area contributed by atoms with Gasteiger partial charge in [0, 0.05) is 48.1 Å². The van der Waals surface area contributed by atoms with Gasteiger partial charge < -0.3 is 18.4 Å². The second-order valence-electron chi connectivity index (χ2n) is 24.0. The van der Waals surface area contributed by atoms with E-state index in [1.165, 1.54) is 61.8 Å². The molecule has 5 nitrogen and oxygen atoms in total. The third-order valence-electron chi connectivity index (χ3n) is 15.9. The number of hydrogen-bond donors (Lipinski definition) is 0. The summed E-state index contributed by atoms with van der Waals surface area (Å²) in [5, 5.41) is 5.55. The van der Waals surface area contributed by atoms with Crippen molar-refractivity contribution in [1.82, 2.24) is 14.5 Å². The van der Waals surface area contributed by atoms with Crippen LogP contribution in [0.25, 0.3) is 105 Å². The second kappa shape index (κ2) is 19.7. The number of imidazole rings is 1. The van der Waals surface area contributed by atoms with Crippen molar-refractivity contribution in [3.8, 4) is 50.6 Å². The largest absolute Gasteiger partial charge is 0.501 e. The second-order valence-corrected chi connectivity index (χ2v) is 29.0. The summed E-state index contributed by atoms with van der Waals surface area (Å²) in [4.78, 5) is 9.90. The molecule has 0 spiro atoms. The van der Waals surface area contributed by atoms with Gasteiger partial charge in [-0.1, -0.05) is 171 Å². The molecule has 387 valence electrons. The minimum Gasteiger partial charge on any atom is -0.501 e. The number of benzene rings is 8. The fraction of sp³-hybridized carbons (Fsp3) is 0.229. The van der Waals surface area contributed by atoms with E-state index < -0.39 is 8.07 Å². The maximum Gasteiger partial charge on any atom is 0.136 e. The topological polar surface area (TPSA) is 57.0 Å². The van der Waals surface area contributed by atoms with Crippen molar-refractivity contribution in [2.75, 3.05) is 0 Å². The number of hydrogen-bond acceptors (Lipinski definition) is 4. The van der Waals surface area contributed by atoms with Crippen LogP contribution >= 0.6 is 0 Å². The fourth-order valence-electron chi connectivity index (χ4n) is 12.1. The first-order valence-electron chi connectivity index (χ1n) is 27.0. The van der Waals surface area contributed by atoms with E-state index in [4.69, 9.17) is 13.8 Å². The summed E-state index contributed by atoms with van der Waals surface area (Å²) < 4.78 is 15.5. The SMILES string of the molecule is CC(C)c1cc(-c2ccc(-c3ccc4c(c3)C(C)(C)CC4(C)C)cc2)cc(C(C)C)c1-n1c(-c2[c-]ccc3c2oc2cc4c(cc23)oc2ccccc24)nc2ccccc21.C[Si](C)(C)c1ccc(-c2[c-]cccc2)nc1.[Ir]. The molecule has 77 heavy (non-hydrogen) atoms. The van der Waals surface area contributed by atoms with Crippen LogP contribution in [0.3, 0.4) is 0 Å². The Morgan fingerprint density at radius 2 is 1.19 bits per heavy atom. The molecular formula is C70H65IrN3O2Si-2. The molecule has 0 bridgehead atoms. The van der Waals surface area contributed by atoms with Crippen molar-refractivity contribution in [2.24, 2.45) is 0 Å². The van der Waals surface area contributed by atoms with Crippen molar-refractivity contribution in [1.29, 1.82) is 0 Å². The molecule has 0 fully saturated rings. The van der Waals surface area contributed by atoms with Gasteiger partial charge in [0.1, 0.15) is 16.7 Å². The van der Waals surface area contributed by atoms with Gasteiger partial charge in [-0.05, 0) is 127 Å². The maximum absolute atomic E-state index is 6.84. The summed E-state index contributed by atoms with van der Waals surface area (Å²) in [6.07, 6.45) is 3.18. The number of aromatic nitrogens is 3. The van der Waals surface area contributed by atoms with Crippen LogP contribution in [0.15, 0.2) is 179 Å². The Kier molecular flexibility index (Phi) is 13.3. The number of nitrogens with zero attached hydrogens (tertiary/aromatic N) is 3. The molecule has 0 atom stereocenters. The quantitative estimate of drug-likeness (QED) is 0.112. The van der Waals surface area contributed by atoms with Gasteiger partial charge in [0.15, 0.2) is 0 Å². The number of para-hydroxylation sites is 3. The molecule has 4 heterocycles. The first kappa shape index (κ1) is 51.9. The summed E-state index contributed by atoms with van der Waals surface area (Å²) in [6.45, 7) is 25.8. The molecule has 12 aromatic rings. The predicted octanol–water partition coefficient (Wildman–Crippen LogP) is 18.9. The molecule has 0 saturated carbocycles. The molecule has 4 aromatic heterocycles. The van der Waals surface area contributed by atoms with Gasteiger partial charge in [0.25, 0.3) is 0 Å². The van der Waals surface area contributed by atoms with Crippen molar-refractivity contribution in [3.63, 3.8) is 0 Å². The molecule has 0 amide bonds. The summed E-state index contributed by atoms with van der Waals surface area (Å²) in [6, 6.07) is 65.2.